The molecule has 0 aliphatic carbocycles. The summed E-state index contributed by atoms with van der Waals surface area (Å²) in [6.07, 6.45) is 4.60. The Morgan fingerprint density at radius 2 is 1.34 bits per heavy atom. The number of nitrogens with zero attached hydrogens (tertiary/aromatic N) is 2. The number of hydrogen-bond acceptors (Lipinski definition) is 12. The zero-order valence-corrected chi connectivity index (χ0v) is 45.3. The number of ketones is 2. The van der Waals surface area contributed by atoms with Crippen molar-refractivity contribution in [2.45, 2.75) is 135 Å². The first kappa shape index (κ1) is 54.4. The molecule has 0 saturated carbocycles. The Kier molecular flexibility index (Phi) is 16.3. The molecule has 0 radical (unpaired) electrons. The van der Waals surface area contributed by atoms with E-state index in [-0.39, 0.29) is 67.8 Å². The first-order valence-corrected chi connectivity index (χ1v) is 27.9. The van der Waals surface area contributed by atoms with Crippen LogP contribution in [0.5, 0.6) is 17.2 Å². The number of methoxy groups -OCH3 is 1. The molecule has 0 saturated heterocycles. The van der Waals surface area contributed by atoms with E-state index in [0.29, 0.717) is 101 Å². The van der Waals surface area contributed by atoms with Gasteiger partial charge in [0, 0.05) is 65.8 Å². The lowest BCUT2D eigenvalue weighted by Gasteiger charge is -2.28. The number of fused-ring (bicyclic) bond motifs is 8. The Hall–Kier alpha value is -7.37. The highest BCUT2D eigenvalue weighted by Gasteiger charge is 2.48. The normalized spacial score (nSPS) is 18.0. The van der Waals surface area contributed by atoms with Gasteiger partial charge in [-0.1, -0.05) is 50.2 Å². The summed E-state index contributed by atoms with van der Waals surface area (Å²) in [7, 11) is -1.45. The number of rotatable bonds is 21. The van der Waals surface area contributed by atoms with Gasteiger partial charge in [-0.25, -0.2) is 0 Å². The summed E-state index contributed by atoms with van der Waals surface area (Å²) in [5.41, 5.74) is 8.22. The first-order valence-electron chi connectivity index (χ1n) is 26.5. The first-order chi connectivity index (χ1) is 37.0. The minimum Gasteiger partial charge on any atom is -0.493 e. The second-order valence-corrected chi connectivity index (χ2v) is 22.6. The molecule has 16 nitrogen and oxygen atoms in total. The van der Waals surface area contributed by atoms with Crippen LogP contribution in [-0.2, 0) is 72.4 Å². The van der Waals surface area contributed by atoms with Gasteiger partial charge >= 0.3 is 0 Å². The Labute approximate surface area is 449 Å². The summed E-state index contributed by atoms with van der Waals surface area (Å²) in [6, 6.07) is 26.4. The molecule has 404 valence electrons. The highest BCUT2D eigenvalue weighted by molar-refractivity contribution is 7.87. The van der Waals surface area contributed by atoms with E-state index in [2.05, 4.69) is 16.7 Å². The molecule has 0 aromatic heterocycles. The quantitative estimate of drug-likeness (QED) is 0.0523. The largest absolute Gasteiger partial charge is 0.493 e. The van der Waals surface area contributed by atoms with Crippen LogP contribution in [-0.4, -0.2) is 81.2 Å². The average molecular weight is 1070 g/mol. The number of amides is 4. The molecule has 5 aromatic rings. The van der Waals surface area contributed by atoms with Gasteiger partial charge in [0.25, 0.3) is 21.9 Å². The third-order valence-corrected chi connectivity index (χ3v) is 17.1. The maximum Gasteiger partial charge on any atom is 0.272 e. The summed E-state index contributed by atoms with van der Waals surface area (Å²) in [6.45, 7) is 6.85. The van der Waals surface area contributed by atoms with E-state index >= 15 is 0 Å². The van der Waals surface area contributed by atoms with Gasteiger partial charge < -0.3 is 34.6 Å². The average Bonchev–Trinajstić information content (AvgIpc) is 3.94. The number of nitrogens with one attached hydrogen (secondary N) is 2. The molecule has 5 aromatic carbocycles. The molecule has 0 fully saturated rings. The van der Waals surface area contributed by atoms with E-state index in [0.717, 1.165) is 42.3 Å². The maximum atomic E-state index is 14.4. The molecule has 4 amide bonds. The molecule has 1 unspecified atom stereocenters. The monoisotopic (exact) mass is 1070 g/mol. The van der Waals surface area contributed by atoms with Crippen LogP contribution in [0.3, 0.4) is 0 Å². The second kappa shape index (κ2) is 23.1. The molecule has 4 heterocycles. The van der Waals surface area contributed by atoms with E-state index in [1.165, 1.54) is 7.11 Å². The van der Waals surface area contributed by atoms with Crippen LogP contribution in [0.2, 0.25) is 0 Å². The number of anilines is 3. The molecule has 0 bridgehead atoms. The predicted molar refractivity (Wildman–Crippen MR) is 291 cm³/mol. The van der Waals surface area contributed by atoms with Gasteiger partial charge in [0.05, 0.1) is 26.3 Å². The van der Waals surface area contributed by atoms with E-state index in [1.807, 2.05) is 66.4 Å². The summed E-state index contributed by atoms with van der Waals surface area (Å²) in [5, 5.41) is 4.64. The fraction of sp³-hybridized carbons (Fsp3) is 0.400. The van der Waals surface area contributed by atoms with Crippen LogP contribution in [0.15, 0.2) is 91.0 Å². The highest BCUT2D eigenvalue weighted by atomic mass is 32.2. The Balaban J connectivity index is 0.952. The molecule has 5 atom stereocenters. The molecular formula is C60H66N4O12S. The second-order valence-electron chi connectivity index (χ2n) is 20.7. The van der Waals surface area contributed by atoms with Gasteiger partial charge in [0.15, 0.2) is 17.3 Å². The van der Waals surface area contributed by atoms with Crippen molar-refractivity contribution in [3.8, 4) is 17.2 Å². The Bertz CT molecular complexity index is 3260. The summed E-state index contributed by atoms with van der Waals surface area (Å²) < 4.78 is 51.1. The number of unbranched alkanes of at least 4 members (excludes halogenated alkanes) is 1. The van der Waals surface area contributed by atoms with Crippen LogP contribution in [0.25, 0.3) is 0 Å². The fourth-order valence-electron chi connectivity index (χ4n) is 11.2. The number of carbonyl (C=O) groups is 6. The number of para-hydroxylation sites is 2. The van der Waals surface area contributed by atoms with Gasteiger partial charge in [0.2, 0.25) is 11.8 Å². The minimum atomic E-state index is -4.11. The third-order valence-electron chi connectivity index (χ3n) is 15.4. The van der Waals surface area contributed by atoms with E-state index < -0.39 is 39.3 Å². The van der Waals surface area contributed by atoms with Crippen LogP contribution in [0.4, 0.5) is 17.1 Å². The predicted octanol–water partition coefficient (Wildman–Crippen LogP) is 8.73. The molecular weight excluding hydrogens is 1000 g/mol. The van der Waals surface area contributed by atoms with Crippen molar-refractivity contribution >= 4 is 62.4 Å². The highest BCUT2D eigenvalue weighted by Crippen LogP contribution is 2.43. The van der Waals surface area contributed by atoms with Crippen molar-refractivity contribution in [3.63, 3.8) is 0 Å². The van der Waals surface area contributed by atoms with Gasteiger partial charge in [-0.2, -0.15) is 8.42 Å². The van der Waals surface area contributed by atoms with Crippen molar-refractivity contribution < 1.29 is 55.6 Å². The number of benzene rings is 5. The molecule has 77 heavy (non-hydrogen) atoms. The molecule has 2 N–H and O–H groups in total. The van der Waals surface area contributed by atoms with Crippen molar-refractivity contribution in [1.29, 1.82) is 0 Å². The Morgan fingerprint density at radius 3 is 2.03 bits per heavy atom. The van der Waals surface area contributed by atoms with E-state index in [9.17, 15) is 37.2 Å². The lowest BCUT2D eigenvalue weighted by atomic mass is 9.97. The van der Waals surface area contributed by atoms with Crippen LogP contribution in [0.1, 0.15) is 125 Å². The van der Waals surface area contributed by atoms with Gasteiger partial charge in [0.1, 0.15) is 30.0 Å². The lowest BCUT2D eigenvalue weighted by Crippen LogP contribution is -2.47. The van der Waals surface area contributed by atoms with Crippen LogP contribution in [0, 0.1) is 12.8 Å². The summed E-state index contributed by atoms with van der Waals surface area (Å²) in [5.74, 6) is -0.839. The molecule has 4 aliphatic heterocycles. The zero-order chi connectivity index (χ0) is 54.7. The van der Waals surface area contributed by atoms with E-state index in [4.69, 9.17) is 18.4 Å². The summed E-state index contributed by atoms with van der Waals surface area (Å²) >= 11 is 0. The third kappa shape index (κ3) is 11.7. The van der Waals surface area contributed by atoms with Gasteiger partial charge in [-0.05, 0) is 152 Å². The van der Waals surface area contributed by atoms with Crippen molar-refractivity contribution in [2.75, 3.05) is 29.3 Å². The Morgan fingerprint density at radius 1 is 0.714 bits per heavy atom. The number of carbonyl (C=O) groups excluding carboxylic acids is 6. The molecule has 9 rings (SSSR count). The molecule has 17 heteroatoms. The molecule has 4 aliphatic rings. The molecule has 0 spiro atoms. The number of hydrogen-bond donors (Lipinski definition) is 2. The van der Waals surface area contributed by atoms with Gasteiger partial charge in [-0.15, -0.1) is 0 Å². The maximum absolute atomic E-state index is 14.4. The fourth-order valence-corrected chi connectivity index (χ4v) is 12.4. The number of aryl methyl sites for hydroxylation is 2. The van der Waals surface area contributed by atoms with Crippen LogP contribution < -0.4 is 34.6 Å². The zero-order valence-electron chi connectivity index (χ0n) is 44.4. The smallest absolute Gasteiger partial charge is 0.272 e. The van der Waals surface area contributed by atoms with E-state index in [1.54, 1.807) is 56.0 Å². The SMILES string of the molecule is CCC(=O)CCCCC(=O)N[C@H](C)C(=O)C[C@@H](C)C(=O)Nc1cc(COc2cc3c(cc2C)C(=O)N2c4ccccc4C[C@H]2C(S(=O)(=O)OC)C3)cc(COc2cc3c(cc2OC)C(=O)N2c4ccccc4C[C@H]2CC3)c1. The van der Waals surface area contributed by atoms with Crippen molar-refractivity contribution in [1.82, 2.24) is 5.32 Å². The van der Waals surface area contributed by atoms with Gasteiger partial charge in [-0.3, -0.25) is 33.0 Å². The summed E-state index contributed by atoms with van der Waals surface area (Å²) in [4.78, 5) is 83.5. The lowest BCUT2D eigenvalue weighted by molar-refractivity contribution is -0.129. The van der Waals surface area contributed by atoms with Crippen LogP contribution >= 0.6 is 0 Å². The topological polar surface area (TPSA) is 204 Å². The van der Waals surface area contributed by atoms with Crippen molar-refractivity contribution in [2.24, 2.45) is 5.92 Å². The van der Waals surface area contributed by atoms with Crippen molar-refractivity contribution in [3.05, 3.63) is 141 Å². The number of ether oxygens (including phenoxy) is 3. The standard InChI is InChI=1S/C60H66N4O12S/c1-7-46(65)16-10-13-19-57(67)61-37(4)52(66)23-36(3)58(68)62-44-25-38(24-39(26-44)34-76-55-29-40-20-21-45-27-41-14-8-11-17-49(41)63(45)59(69)48(40)32-54(55)73-5)33-75-53-30-43-31-56(77(71,72)74-6)51-28-42-15-9-12-18-50(42)64(51)60(70)47(43)22-35(53)2/h8-9,11-12,14-15,17-18,22,24-26,29-30,32,36-37,45,51,56H,7,10,13,16,19-21,23,27-28,31,33-34H2,1-6H3,(H,61,67)(H,62,68)/t36-,37-,45-,51+,56?/m1/s1. The minimum absolute atomic E-state index is 0.00723. The number of Topliss-reactive ketones (excluding diaryl/α,β-unsaturated/α-hetero) is 2.